The Morgan fingerprint density at radius 1 is 1.26 bits per heavy atom. The molecular weight excluding hydrogens is 268 g/mol. The zero-order valence-electron chi connectivity index (χ0n) is 11.5. The molecule has 0 aliphatic rings. The van der Waals surface area contributed by atoms with E-state index in [4.69, 9.17) is 4.74 Å². The largest absolute Gasteiger partial charge is 0.511 e. The number of aromatic nitrogens is 3. The van der Waals surface area contributed by atoms with Gasteiger partial charge in [0, 0.05) is 14.1 Å². The molecule has 0 spiro atoms. The molecular formula is C11H16N4O3S. The highest BCUT2D eigenvalue weighted by Crippen LogP contribution is 2.28. The van der Waals surface area contributed by atoms with Gasteiger partial charge in [-0.1, -0.05) is 0 Å². The average molecular weight is 284 g/mol. The van der Waals surface area contributed by atoms with E-state index in [2.05, 4.69) is 15.0 Å². The van der Waals surface area contributed by atoms with Gasteiger partial charge in [-0.2, -0.15) is 15.0 Å². The third-order valence-electron chi connectivity index (χ3n) is 2.01. The van der Waals surface area contributed by atoms with E-state index >= 15 is 0 Å². The number of allylic oxidation sites excluding steroid dienone is 2. The third-order valence-corrected chi connectivity index (χ3v) is 3.16. The summed E-state index contributed by atoms with van der Waals surface area (Å²) in [7, 11) is 5.01. The van der Waals surface area contributed by atoms with Crippen LogP contribution in [0.4, 0.5) is 5.95 Å². The second-order valence-corrected chi connectivity index (χ2v) is 4.85. The summed E-state index contributed by atoms with van der Waals surface area (Å²) < 4.78 is 4.98. The van der Waals surface area contributed by atoms with Crippen molar-refractivity contribution in [3.05, 3.63) is 10.7 Å². The molecule has 1 aromatic rings. The van der Waals surface area contributed by atoms with E-state index in [0.717, 1.165) is 11.8 Å². The maximum Gasteiger partial charge on any atom is 0.321 e. The highest BCUT2D eigenvalue weighted by Gasteiger charge is 2.15. The van der Waals surface area contributed by atoms with E-state index in [1.165, 1.54) is 21.0 Å². The predicted octanol–water partition coefficient (Wildman–Crippen LogP) is 1.42. The average Bonchev–Trinajstić information content (AvgIpc) is 2.34. The molecule has 0 unspecified atom stereocenters. The molecule has 104 valence electrons. The molecule has 1 heterocycles. The van der Waals surface area contributed by atoms with Gasteiger partial charge in [-0.3, -0.25) is 4.79 Å². The first-order chi connectivity index (χ1) is 8.85. The molecule has 0 atom stereocenters. The summed E-state index contributed by atoms with van der Waals surface area (Å²) in [5.74, 6) is 0.0897. The van der Waals surface area contributed by atoms with Crippen molar-refractivity contribution in [2.24, 2.45) is 0 Å². The number of carbonyl (C=O) groups excluding carboxylic acids is 1. The van der Waals surface area contributed by atoms with Crippen LogP contribution in [0, 0.1) is 0 Å². The molecule has 0 fully saturated rings. The Labute approximate surface area is 115 Å². The fraction of sp³-hybridized carbons (Fsp3) is 0.455. The minimum absolute atomic E-state index is 0.0664. The number of thioether (sulfide) groups is 1. The van der Waals surface area contributed by atoms with Gasteiger partial charge in [-0.05, 0) is 25.6 Å². The van der Waals surface area contributed by atoms with Gasteiger partial charge in [0.15, 0.2) is 5.78 Å². The molecule has 0 aliphatic heterocycles. The summed E-state index contributed by atoms with van der Waals surface area (Å²) >= 11 is 0.977. The molecule has 1 aromatic heterocycles. The second-order valence-electron chi connectivity index (χ2n) is 3.87. The zero-order valence-corrected chi connectivity index (χ0v) is 12.3. The van der Waals surface area contributed by atoms with Crippen molar-refractivity contribution in [1.29, 1.82) is 0 Å². The highest BCUT2D eigenvalue weighted by molar-refractivity contribution is 8.03. The molecule has 19 heavy (non-hydrogen) atoms. The first kappa shape index (κ1) is 15.2. The lowest BCUT2D eigenvalue weighted by molar-refractivity contribution is -0.113. The molecule has 0 amide bonds. The summed E-state index contributed by atoms with van der Waals surface area (Å²) in [6.07, 6.45) is 0. The number of hydrogen-bond acceptors (Lipinski definition) is 8. The lowest BCUT2D eigenvalue weighted by atomic mass is 10.4. The van der Waals surface area contributed by atoms with Gasteiger partial charge in [0.05, 0.1) is 12.0 Å². The number of hydrogen-bond donors (Lipinski definition) is 1. The van der Waals surface area contributed by atoms with Gasteiger partial charge in [0.1, 0.15) is 5.76 Å². The summed E-state index contributed by atoms with van der Waals surface area (Å²) in [4.78, 5) is 25.6. The fourth-order valence-corrected chi connectivity index (χ4v) is 1.88. The van der Waals surface area contributed by atoms with Crippen molar-refractivity contribution in [2.75, 3.05) is 26.1 Å². The summed E-state index contributed by atoms with van der Waals surface area (Å²) in [6, 6.07) is 0.152. The second kappa shape index (κ2) is 6.37. The molecule has 7 nitrogen and oxygen atoms in total. The molecule has 0 radical (unpaired) electrons. The number of aliphatic hydroxyl groups is 1. The molecule has 0 bridgehead atoms. The first-order valence-electron chi connectivity index (χ1n) is 5.41. The van der Waals surface area contributed by atoms with Gasteiger partial charge in [-0.15, -0.1) is 0 Å². The van der Waals surface area contributed by atoms with E-state index < -0.39 is 0 Å². The zero-order chi connectivity index (χ0) is 14.6. The van der Waals surface area contributed by atoms with Crippen LogP contribution in [-0.4, -0.2) is 47.0 Å². The fourth-order valence-electron chi connectivity index (χ4n) is 1.16. The van der Waals surface area contributed by atoms with Crippen molar-refractivity contribution in [3.63, 3.8) is 0 Å². The van der Waals surface area contributed by atoms with Crippen LogP contribution < -0.4 is 9.64 Å². The maximum atomic E-state index is 11.4. The van der Waals surface area contributed by atoms with E-state index in [9.17, 15) is 9.90 Å². The third kappa shape index (κ3) is 4.09. The van der Waals surface area contributed by atoms with Crippen LogP contribution in [0.5, 0.6) is 6.01 Å². The Morgan fingerprint density at radius 3 is 2.32 bits per heavy atom. The number of Topliss-reactive ketones (excluding diaryl/α,β-unsaturated/α-hetero) is 1. The molecule has 8 heteroatoms. The quantitative estimate of drug-likeness (QED) is 0.493. The van der Waals surface area contributed by atoms with Crippen molar-refractivity contribution in [3.8, 4) is 6.01 Å². The first-order valence-corrected chi connectivity index (χ1v) is 6.22. The Hall–Kier alpha value is -1.83. The van der Waals surface area contributed by atoms with Crippen LogP contribution in [0.1, 0.15) is 13.8 Å². The van der Waals surface area contributed by atoms with Crippen molar-refractivity contribution in [2.45, 2.75) is 19.0 Å². The van der Waals surface area contributed by atoms with Crippen LogP contribution in [0.3, 0.4) is 0 Å². The number of nitrogens with zero attached hydrogens (tertiary/aromatic N) is 4. The minimum Gasteiger partial charge on any atom is -0.511 e. The highest BCUT2D eigenvalue weighted by atomic mass is 32.2. The maximum absolute atomic E-state index is 11.4. The van der Waals surface area contributed by atoms with Gasteiger partial charge in [0.2, 0.25) is 11.1 Å². The van der Waals surface area contributed by atoms with E-state index in [0.29, 0.717) is 5.95 Å². The van der Waals surface area contributed by atoms with Crippen LogP contribution in [0.15, 0.2) is 15.8 Å². The smallest absolute Gasteiger partial charge is 0.321 e. The van der Waals surface area contributed by atoms with Crippen LogP contribution in [-0.2, 0) is 4.79 Å². The Kier molecular flexibility index (Phi) is 5.11. The lowest BCUT2D eigenvalue weighted by Gasteiger charge is -2.12. The Balaban J connectivity index is 3.17. The summed E-state index contributed by atoms with van der Waals surface area (Å²) in [5.41, 5.74) is 0. The van der Waals surface area contributed by atoms with Crippen molar-refractivity contribution >= 4 is 23.5 Å². The number of ether oxygens (including phenoxy) is 1. The van der Waals surface area contributed by atoms with E-state index in [-0.39, 0.29) is 27.6 Å². The number of methoxy groups -OCH3 is 1. The number of aliphatic hydroxyl groups excluding tert-OH is 1. The van der Waals surface area contributed by atoms with E-state index in [1.807, 2.05) is 0 Å². The number of ketones is 1. The summed E-state index contributed by atoms with van der Waals surface area (Å²) in [5, 5.41) is 9.76. The molecule has 0 aromatic carbocycles. The minimum atomic E-state index is -0.254. The Morgan fingerprint density at radius 2 is 1.89 bits per heavy atom. The summed E-state index contributed by atoms with van der Waals surface area (Å²) in [6.45, 7) is 2.81. The molecule has 0 aliphatic carbocycles. The van der Waals surface area contributed by atoms with E-state index in [1.54, 1.807) is 19.0 Å². The molecule has 0 saturated carbocycles. The van der Waals surface area contributed by atoms with Crippen LogP contribution in [0.2, 0.25) is 0 Å². The lowest BCUT2D eigenvalue weighted by Crippen LogP contribution is -2.14. The van der Waals surface area contributed by atoms with Gasteiger partial charge in [0.25, 0.3) is 0 Å². The number of anilines is 1. The standard InChI is InChI=1S/C11H16N4O3S/c1-6(16)8(7(2)17)19-11-13-9(15(3)4)12-10(14-11)18-5/h16H,1-5H3/b8-6-. The normalized spacial score (nSPS) is 11.8. The Bertz CT molecular complexity index is 513. The number of carbonyl (C=O) groups is 1. The van der Waals surface area contributed by atoms with Crippen LogP contribution >= 0.6 is 11.8 Å². The van der Waals surface area contributed by atoms with Gasteiger partial charge in [-0.25, -0.2) is 0 Å². The predicted molar refractivity (Wildman–Crippen MR) is 72.6 cm³/mol. The molecule has 1 N–H and O–H groups in total. The SMILES string of the molecule is COc1nc(S/C(C(C)=O)=C(/C)O)nc(N(C)C)n1. The number of rotatable bonds is 5. The molecule has 1 rings (SSSR count). The van der Waals surface area contributed by atoms with Crippen molar-refractivity contribution in [1.82, 2.24) is 15.0 Å². The molecule has 0 saturated heterocycles. The monoisotopic (exact) mass is 284 g/mol. The van der Waals surface area contributed by atoms with Gasteiger partial charge >= 0.3 is 6.01 Å². The van der Waals surface area contributed by atoms with Crippen LogP contribution in [0.25, 0.3) is 0 Å². The van der Waals surface area contributed by atoms with Gasteiger partial charge < -0.3 is 14.7 Å². The topological polar surface area (TPSA) is 88.4 Å². The van der Waals surface area contributed by atoms with Crippen molar-refractivity contribution < 1.29 is 14.6 Å².